The molecule has 0 aliphatic heterocycles. The predicted molar refractivity (Wildman–Crippen MR) is 86.8 cm³/mol. The summed E-state index contributed by atoms with van der Waals surface area (Å²) in [6.45, 7) is 0. The Bertz CT molecular complexity index is 665. The Morgan fingerprint density at radius 3 is 2.38 bits per heavy atom. The SMILES string of the molecule is c1ccc(CCCSc2nncn2-c2ccccc2)cc1. The van der Waals surface area contributed by atoms with Crippen LogP contribution in [0.15, 0.2) is 72.1 Å². The average molecular weight is 295 g/mol. The molecule has 1 aromatic heterocycles. The lowest BCUT2D eigenvalue weighted by molar-refractivity contribution is 0.873. The van der Waals surface area contributed by atoms with E-state index >= 15 is 0 Å². The smallest absolute Gasteiger partial charge is 0.195 e. The molecule has 3 aromatic rings. The summed E-state index contributed by atoms with van der Waals surface area (Å²) in [5.41, 5.74) is 2.50. The van der Waals surface area contributed by atoms with Crippen LogP contribution in [0.5, 0.6) is 0 Å². The van der Waals surface area contributed by atoms with Gasteiger partial charge in [0.1, 0.15) is 6.33 Å². The first-order valence-corrected chi connectivity index (χ1v) is 8.04. The Kier molecular flexibility index (Phi) is 4.69. The summed E-state index contributed by atoms with van der Waals surface area (Å²) in [7, 11) is 0. The fourth-order valence-electron chi connectivity index (χ4n) is 2.17. The molecular weight excluding hydrogens is 278 g/mol. The summed E-state index contributed by atoms with van der Waals surface area (Å²) in [6, 6.07) is 20.8. The van der Waals surface area contributed by atoms with Crippen molar-refractivity contribution < 1.29 is 0 Å². The molecule has 21 heavy (non-hydrogen) atoms. The molecule has 0 saturated carbocycles. The number of hydrogen-bond donors (Lipinski definition) is 0. The van der Waals surface area contributed by atoms with Gasteiger partial charge in [-0.15, -0.1) is 10.2 Å². The first-order valence-electron chi connectivity index (χ1n) is 7.05. The van der Waals surface area contributed by atoms with Crippen molar-refractivity contribution >= 4 is 11.8 Å². The highest BCUT2D eigenvalue weighted by molar-refractivity contribution is 7.99. The van der Waals surface area contributed by atoms with Gasteiger partial charge in [0.25, 0.3) is 0 Å². The van der Waals surface area contributed by atoms with E-state index in [1.54, 1.807) is 18.1 Å². The van der Waals surface area contributed by atoms with Gasteiger partial charge in [-0.3, -0.25) is 4.57 Å². The van der Waals surface area contributed by atoms with Crippen LogP contribution in [0, 0.1) is 0 Å². The Morgan fingerprint density at radius 1 is 0.905 bits per heavy atom. The lowest BCUT2D eigenvalue weighted by atomic mass is 10.1. The minimum Gasteiger partial charge on any atom is -0.277 e. The molecule has 0 unspecified atom stereocenters. The summed E-state index contributed by atoms with van der Waals surface area (Å²) in [5, 5.41) is 9.19. The predicted octanol–water partition coefficient (Wildman–Crippen LogP) is 3.99. The molecule has 0 radical (unpaired) electrons. The molecule has 3 rings (SSSR count). The molecule has 0 amide bonds. The molecule has 2 aromatic carbocycles. The van der Waals surface area contributed by atoms with E-state index in [9.17, 15) is 0 Å². The van der Waals surface area contributed by atoms with Crippen LogP contribution >= 0.6 is 11.8 Å². The van der Waals surface area contributed by atoms with Gasteiger partial charge in [-0.1, -0.05) is 60.3 Å². The van der Waals surface area contributed by atoms with Crippen molar-refractivity contribution in [2.24, 2.45) is 0 Å². The Labute approximate surface area is 129 Å². The van der Waals surface area contributed by atoms with E-state index in [4.69, 9.17) is 0 Å². The van der Waals surface area contributed by atoms with Crippen molar-refractivity contribution in [1.82, 2.24) is 14.8 Å². The zero-order valence-corrected chi connectivity index (χ0v) is 12.5. The summed E-state index contributed by atoms with van der Waals surface area (Å²) in [5.74, 6) is 1.04. The number of nitrogens with zero attached hydrogens (tertiary/aromatic N) is 3. The molecule has 0 N–H and O–H groups in total. The third-order valence-corrected chi connectivity index (χ3v) is 4.26. The number of para-hydroxylation sites is 1. The summed E-state index contributed by atoms with van der Waals surface area (Å²) >= 11 is 1.76. The fraction of sp³-hybridized carbons (Fsp3) is 0.176. The Hall–Kier alpha value is -2.07. The van der Waals surface area contributed by atoms with Gasteiger partial charge in [0.05, 0.1) is 0 Å². The number of thioether (sulfide) groups is 1. The second-order valence-corrected chi connectivity index (χ2v) is 5.82. The maximum absolute atomic E-state index is 4.21. The molecule has 0 atom stereocenters. The number of hydrogen-bond acceptors (Lipinski definition) is 3. The van der Waals surface area contributed by atoms with Crippen LogP contribution in [0.3, 0.4) is 0 Å². The number of benzene rings is 2. The second kappa shape index (κ2) is 7.09. The normalized spacial score (nSPS) is 10.7. The van der Waals surface area contributed by atoms with E-state index in [1.165, 1.54) is 5.56 Å². The van der Waals surface area contributed by atoms with Gasteiger partial charge in [-0.05, 0) is 30.5 Å². The molecule has 106 valence electrons. The molecular formula is C17H17N3S. The maximum Gasteiger partial charge on any atom is 0.195 e. The van der Waals surface area contributed by atoms with Crippen molar-refractivity contribution in [2.75, 3.05) is 5.75 Å². The van der Waals surface area contributed by atoms with Crippen LogP contribution in [0.25, 0.3) is 5.69 Å². The zero-order valence-electron chi connectivity index (χ0n) is 11.7. The van der Waals surface area contributed by atoms with Crippen LogP contribution in [0.1, 0.15) is 12.0 Å². The van der Waals surface area contributed by atoms with Crippen molar-refractivity contribution in [3.8, 4) is 5.69 Å². The minimum absolute atomic E-state index is 0.953. The molecule has 0 aliphatic rings. The molecule has 0 saturated heterocycles. The van der Waals surface area contributed by atoms with Crippen LogP contribution < -0.4 is 0 Å². The molecule has 0 bridgehead atoms. The standard InChI is InChI=1S/C17H17N3S/c1-3-8-15(9-4-1)10-7-13-21-17-19-18-14-20(17)16-11-5-2-6-12-16/h1-6,8-9,11-12,14H,7,10,13H2. The summed E-state index contributed by atoms with van der Waals surface area (Å²) < 4.78 is 2.03. The molecule has 0 fully saturated rings. The van der Waals surface area contributed by atoms with Gasteiger partial charge < -0.3 is 0 Å². The van der Waals surface area contributed by atoms with Gasteiger partial charge in [-0.25, -0.2) is 0 Å². The fourth-order valence-corrected chi connectivity index (χ4v) is 3.04. The Balaban J connectivity index is 1.56. The third-order valence-electron chi connectivity index (χ3n) is 3.23. The van der Waals surface area contributed by atoms with Crippen LogP contribution in [-0.2, 0) is 6.42 Å². The van der Waals surface area contributed by atoms with Gasteiger partial charge in [0.15, 0.2) is 5.16 Å². The highest BCUT2D eigenvalue weighted by Crippen LogP contribution is 2.20. The number of aromatic nitrogens is 3. The highest BCUT2D eigenvalue weighted by Gasteiger charge is 2.06. The average Bonchev–Trinajstić information content (AvgIpc) is 3.02. The van der Waals surface area contributed by atoms with Gasteiger partial charge in [0.2, 0.25) is 0 Å². The lowest BCUT2D eigenvalue weighted by Gasteiger charge is -2.06. The zero-order chi connectivity index (χ0) is 14.3. The van der Waals surface area contributed by atoms with Crippen LogP contribution in [-0.4, -0.2) is 20.5 Å². The van der Waals surface area contributed by atoms with Gasteiger partial charge in [-0.2, -0.15) is 0 Å². The van der Waals surface area contributed by atoms with Crippen molar-refractivity contribution in [3.05, 3.63) is 72.6 Å². The van der Waals surface area contributed by atoms with E-state index in [0.717, 1.165) is 29.4 Å². The quantitative estimate of drug-likeness (QED) is 0.509. The number of rotatable bonds is 6. The molecule has 4 heteroatoms. The molecule has 0 aliphatic carbocycles. The Morgan fingerprint density at radius 2 is 1.62 bits per heavy atom. The summed E-state index contributed by atoms with van der Waals surface area (Å²) in [6.07, 6.45) is 4.01. The van der Waals surface area contributed by atoms with Crippen LogP contribution in [0.4, 0.5) is 0 Å². The van der Waals surface area contributed by atoms with E-state index in [-0.39, 0.29) is 0 Å². The minimum atomic E-state index is 0.953. The van der Waals surface area contributed by atoms with E-state index in [2.05, 4.69) is 52.7 Å². The van der Waals surface area contributed by atoms with Crippen molar-refractivity contribution in [2.45, 2.75) is 18.0 Å². The van der Waals surface area contributed by atoms with E-state index in [1.807, 2.05) is 22.8 Å². The topological polar surface area (TPSA) is 30.7 Å². The molecule has 0 spiro atoms. The second-order valence-electron chi connectivity index (χ2n) is 4.76. The van der Waals surface area contributed by atoms with Crippen LogP contribution in [0.2, 0.25) is 0 Å². The summed E-state index contributed by atoms with van der Waals surface area (Å²) in [4.78, 5) is 0. The monoisotopic (exact) mass is 295 g/mol. The first-order chi connectivity index (χ1) is 10.4. The van der Waals surface area contributed by atoms with E-state index < -0.39 is 0 Å². The first kappa shape index (κ1) is 13.9. The molecule has 3 nitrogen and oxygen atoms in total. The number of aryl methyl sites for hydroxylation is 1. The van der Waals surface area contributed by atoms with Crippen molar-refractivity contribution in [3.63, 3.8) is 0 Å². The lowest BCUT2D eigenvalue weighted by Crippen LogP contribution is -1.95. The largest absolute Gasteiger partial charge is 0.277 e. The highest BCUT2D eigenvalue weighted by atomic mass is 32.2. The van der Waals surface area contributed by atoms with E-state index in [0.29, 0.717) is 0 Å². The van der Waals surface area contributed by atoms with Crippen molar-refractivity contribution in [1.29, 1.82) is 0 Å². The van der Waals surface area contributed by atoms with Gasteiger partial charge >= 0.3 is 0 Å². The molecule has 1 heterocycles. The maximum atomic E-state index is 4.21. The van der Waals surface area contributed by atoms with Gasteiger partial charge in [0, 0.05) is 11.4 Å². The third kappa shape index (κ3) is 3.73.